The van der Waals surface area contributed by atoms with Gasteiger partial charge in [-0.25, -0.2) is 13.4 Å². The maximum atomic E-state index is 12.9. The summed E-state index contributed by atoms with van der Waals surface area (Å²) in [6.45, 7) is 6.95. The second-order valence-electron chi connectivity index (χ2n) is 8.87. The van der Waals surface area contributed by atoms with E-state index in [0.29, 0.717) is 42.6 Å². The molecule has 3 heterocycles. The maximum Gasteiger partial charge on any atom is 0.255 e. The van der Waals surface area contributed by atoms with Gasteiger partial charge in [-0.2, -0.15) is 0 Å². The molecule has 1 amide bonds. The zero-order valence-corrected chi connectivity index (χ0v) is 21.7. The Morgan fingerprint density at radius 2 is 1.95 bits per heavy atom. The Labute approximate surface area is 217 Å². The Hall–Kier alpha value is -3.54. The van der Waals surface area contributed by atoms with Gasteiger partial charge in [0.2, 0.25) is 5.88 Å². The number of pyridine rings is 2. The first-order valence-corrected chi connectivity index (χ1v) is 13.4. The fraction of sp³-hybridized carbons (Fsp3) is 0.346. The van der Waals surface area contributed by atoms with E-state index in [-0.39, 0.29) is 17.8 Å². The summed E-state index contributed by atoms with van der Waals surface area (Å²) in [6.07, 6.45) is 3.14. The van der Waals surface area contributed by atoms with E-state index in [4.69, 9.17) is 15.2 Å². The van der Waals surface area contributed by atoms with Crippen LogP contribution in [-0.2, 0) is 27.7 Å². The molecule has 37 heavy (non-hydrogen) atoms. The SMILES string of the molecule is CC(C)Oc1ncc(-c2cc(NC(=O)c3ccnc(C[SH](=O)=O)c3)ccc2CN)cc1N1CCOCC1. The summed E-state index contributed by atoms with van der Waals surface area (Å²) in [6, 6.07) is 10.6. The van der Waals surface area contributed by atoms with E-state index in [1.165, 1.54) is 18.3 Å². The number of nitrogens with one attached hydrogen (secondary N) is 1. The topological polar surface area (TPSA) is 137 Å². The first kappa shape index (κ1) is 26.5. The van der Waals surface area contributed by atoms with Crippen molar-refractivity contribution in [3.8, 4) is 17.0 Å². The van der Waals surface area contributed by atoms with Crippen molar-refractivity contribution < 1.29 is 22.7 Å². The summed E-state index contributed by atoms with van der Waals surface area (Å²) in [4.78, 5) is 23.7. The van der Waals surface area contributed by atoms with Crippen LogP contribution in [0.2, 0.25) is 0 Å². The van der Waals surface area contributed by atoms with Crippen LogP contribution in [0.5, 0.6) is 5.88 Å². The Kier molecular flexibility index (Phi) is 8.70. The van der Waals surface area contributed by atoms with E-state index in [2.05, 4.69) is 20.2 Å². The molecule has 3 aromatic rings. The number of hydrogen-bond acceptors (Lipinski definition) is 9. The van der Waals surface area contributed by atoms with E-state index in [1.54, 1.807) is 12.3 Å². The first-order valence-electron chi connectivity index (χ1n) is 12.0. The zero-order valence-electron chi connectivity index (χ0n) is 20.8. The molecule has 1 aliphatic heterocycles. The van der Waals surface area contributed by atoms with Crippen LogP contribution in [0.1, 0.15) is 35.5 Å². The van der Waals surface area contributed by atoms with Gasteiger partial charge in [-0.3, -0.25) is 9.78 Å². The molecule has 1 aliphatic rings. The van der Waals surface area contributed by atoms with Gasteiger partial charge in [-0.05, 0) is 55.3 Å². The number of thiol groups is 1. The number of anilines is 2. The summed E-state index contributed by atoms with van der Waals surface area (Å²) < 4.78 is 33.6. The van der Waals surface area contributed by atoms with Gasteiger partial charge in [0.05, 0.1) is 30.8 Å². The highest BCUT2D eigenvalue weighted by atomic mass is 32.2. The maximum absolute atomic E-state index is 12.9. The van der Waals surface area contributed by atoms with E-state index >= 15 is 0 Å². The van der Waals surface area contributed by atoms with Crippen molar-refractivity contribution in [2.45, 2.75) is 32.2 Å². The van der Waals surface area contributed by atoms with Gasteiger partial charge in [-0.15, -0.1) is 0 Å². The monoisotopic (exact) mass is 525 g/mol. The number of carbonyl (C=O) groups excluding carboxylic acids is 1. The van der Waals surface area contributed by atoms with E-state index in [9.17, 15) is 13.2 Å². The fourth-order valence-corrected chi connectivity index (χ4v) is 4.51. The molecule has 2 aromatic heterocycles. The van der Waals surface area contributed by atoms with Crippen LogP contribution in [0.3, 0.4) is 0 Å². The van der Waals surface area contributed by atoms with Gasteiger partial charge in [0, 0.05) is 48.8 Å². The smallest absolute Gasteiger partial charge is 0.255 e. The minimum absolute atomic E-state index is 0.0285. The molecule has 0 spiro atoms. The highest BCUT2D eigenvalue weighted by Crippen LogP contribution is 2.35. The Morgan fingerprint density at radius 3 is 2.65 bits per heavy atom. The number of ether oxygens (including phenoxy) is 2. The van der Waals surface area contributed by atoms with Gasteiger partial charge in [0.25, 0.3) is 5.91 Å². The molecule has 0 aliphatic carbocycles. The summed E-state index contributed by atoms with van der Waals surface area (Å²) in [5, 5.41) is 2.89. The molecule has 0 atom stereocenters. The van der Waals surface area contributed by atoms with E-state index < -0.39 is 10.7 Å². The molecule has 0 saturated carbocycles. The molecule has 1 aromatic carbocycles. The minimum Gasteiger partial charge on any atom is -0.473 e. The number of amides is 1. The lowest BCUT2D eigenvalue weighted by Crippen LogP contribution is -2.36. The summed E-state index contributed by atoms with van der Waals surface area (Å²) in [5.74, 6) is -0.0300. The second kappa shape index (κ2) is 12.1. The number of aromatic nitrogens is 2. The van der Waals surface area contributed by atoms with Crippen LogP contribution in [0.25, 0.3) is 11.1 Å². The number of morpholine rings is 1. The Morgan fingerprint density at radius 1 is 1.16 bits per heavy atom. The van der Waals surface area contributed by atoms with E-state index in [0.717, 1.165) is 35.5 Å². The van der Waals surface area contributed by atoms with Gasteiger partial charge in [0.15, 0.2) is 0 Å². The predicted octanol–water partition coefficient (Wildman–Crippen LogP) is 2.59. The summed E-state index contributed by atoms with van der Waals surface area (Å²) in [7, 11) is -2.64. The fourth-order valence-electron chi connectivity index (χ4n) is 4.08. The van der Waals surface area contributed by atoms with Gasteiger partial charge < -0.3 is 25.4 Å². The summed E-state index contributed by atoms with van der Waals surface area (Å²) in [5.41, 5.74) is 10.7. The largest absolute Gasteiger partial charge is 0.473 e. The molecule has 11 heteroatoms. The molecule has 1 saturated heterocycles. The summed E-state index contributed by atoms with van der Waals surface area (Å²) >= 11 is 0. The molecule has 0 bridgehead atoms. The molecular weight excluding hydrogens is 494 g/mol. The zero-order chi connectivity index (χ0) is 26.4. The van der Waals surface area contributed by atoms with Crippen LogP contribution in [0.4, 0.5) is 11.4 Å². The number of carbonyl (C=O) groups is 1. The third-order valence-electron chi connectivity index (χ3n) is 5.80. The van der Waals surface area contributed by atoms with E-state index in [1.807, 2.05) is 32.0 Å². The van der Waals surface area contributed by atoms with Crippen molar-refractivity contribution in [3.63, 3.8) is 0 Å². The Bertz CT molecular complexity index is 1330. The Balaban J connectivity index is 1.65. The van der Waals surface area contributed by atoms with Crippen LogP contribution < -0.4 is 20.7 Å². The van der Waals surface area contributed by atoms with Crippen molar-refractivity contribution in [1.82, 2.24) is 9.97 Å². The van der Waals surface area contributed by atoms with Crippen LogP contribution in [-0.4, -0.2) is 56.7 Å². The number of nitrogens with two attached hydrogens (primary N) is 1. The number of rotatable bonds is 9. The van der Waals surface area contributed by atoms with Gasteiger partial charge in [0.1, 0.15) is 16.4 Å². The van der Waals surface area contributed by atoms with Crippen molar-refractivity contribution in [2.75, 3.05) is 36.5 Å². The van der Waals surface area contributed by atoms with Crippen LogP contribution in [0.15, 0.2) is 48.8 Å². The first-order chi connectivity index (χ1) is 17.8. The average Bonchev–Trinajstić information content (AvgIpc) is 2.89. The van der Waals surface area contributed by atoms with Crippen molar-refractivity contribution in [2.24, 2.45) is 5.73 Å². The third kappa shape index (κ3) is 6.82. The average molecular weight is 526 g/mol. The lowest BCUT2D eigenvalue weighted by molar-refractivity contribution is 0.102. The van der Waals surface area contributed by atoms with Gasteiger partial charge >= 0.3 is 0 Å². The lowest BCUT2D eigenvalue weighted by atomic mass is 9.99. The molecule has 0 unspecified atom stereocenters. The number of benzene rings is 1. The highest BCUT2D eigenvalue weighted by Gasteiger charge is 2.20. The number of nitrogens with zero attached hydrogens (tertiary/aromatic N) is 3. The minimum atomic E-state index is -2.64. The predicted molar refractivity (Wildman–Crippen MR) is 143 cm³/mol. The molecule has 1 fully saturated rings. The molecule has 4 rings (SSSR count). The molecule has 196 valence electrons. The molecule has 10 nitrogen and oxygen atoms in total. The van der Waals surface area contributed by atoms with Crippen molar-refractivity contribution in [3.05, 3.63) is 65.6 Å². The molecule has 0 radical (unpaired) electrons. The normalized spacial score (nSPS) is 13.7. The quantitative estimate of drug-likeness (QED) is 0.360. The third-order valence-corrected chi connectivity index (χ3v) is 6.38. The van der Waals surface area contributed by atoms with Crippen molar-refractivity contribution in [1.29, 1.82) is 0 Å². The lowest BCUT2D eigenvalue weighted by Gasteiger charge is -2.30. The molecule has 3 N–H and O–H groups in total. The van der Waals surface area contributed by atoms with Crippen molar-refractivity contribution >= 4 is 28.0 Å². The highest BCUT2D eigenvalue weighted by molar-refractivity contribution is 7.71. The van der Waals surface area contributed by atoms with Crippen LogP contribution in [0, 0.1) is 0 Å². The second-order valence-corrected chi connectivity index (χ2v) is 9.85. The number of hydrogen-bond donors (Lipinski definition) is 3. The van der Waals surface area contributed by atoms with Crippen LogP contribution >= 0.6 is 0 Å². The van der Waals surface area contributed by atoms with Gasteiger partial charge in [-0.1, -0.05) is 6.07 Å². The molecular formula is C26H31N5O5S. The standard InChI is InChI=1S/C26H31N5O5S/c1-17(2)36-26-24(31-7-9-35-10-8-31)12-20(15-29-26)23-13-21(4-3-19(23)14-27)30-25(32)18-5-6-28-22(11-18)16-37(33)34/h3-6,11-13,15,17,37H,7-10,14,16,27H2,1-2H3,(H,30,32).